The van der Waals surface area contributed by atoms with E-state index in [1.807, 2.05) is 0 Å². The lowest BCUT2D eigenvalue weighted by Crippen LogP contribution is -2.42. The minimum Gasteiger partial charge on any atom is -0.132 e. The highest BCUT2D eigenvalue weighted by molar-refractivity contribution is 8.12. The molecule has 1 saturated heterocycles. The molecule has 1 fully saturated rings. The third kappa shape index (κ3) is 2.83. The smallest absolute Gasteiger partial charge is 0.0714 e. The molecule has 5 rings (SSSR count). The predicted molar refractivity (Wildman–Crippen MR) is 139 cm³/mol. The second kappa shape index (κ2) is 6.81. The molecule has 3 aliphatic rings. The van der Waals surface area contributed by atoms with E-state index in [9.17, 15) is 0 Å². The Kier molecular flexibility index (Phi) is 4.72. The van der Waals surface area contributed by atoms with Gasteiger partial charge in [-0.15, -0.1) is 23.5 Å². The molecule has 0 unspecified atom stereocenters. The number of hydrogen-bond acceptors (Lipinski definition) is 2. The molecule has 0 N–H and O–H groups in total. The fourth-order valence-electron chi connectivity index (χ4n) is 6.01. The average Bonchev–Trinajstić information content (AvgIpc) is 3.19. The number of benzene rings is 2. The van der Waals surface area contributed by atoms with Crippen molar-refractivity contribution in [2.45, 2.75) is 63.2 Å². The van der Waals surface area contributed by atoms with E-state index in [1.54, 1.807) is 11.1 Å². The van der Waals surface area contributed by atoms with Crippen molar-refractivity contribution in [1.29, 1.82) is 0 Å². The Morgan fingerprint density at radius 2 is 1.39 bits per heavy atom. The molecule has 162 valence electrons. The standard InChI is InChI=1S/C29H34S2/c1-19-24(20-14-10-8-11-15-20)30-25-23-22(26(2,3)4)18-28(25,27(5,6)7)31-29(19,23)21-16-12-9-13-17-21/h8-18,23,25H,1-7H3/t23-,25-,28+,29-/m0/s1. The van der Waals surface area contributed by atoms with E-state index in [0.29, 0.717) is 11.2 Å². The largest absolute Gasteiger partial charge is 0.132 e. The normalized spacial score (nSPS) is 32.4. The van der Waals surface area contributed by atoms with Gasteiger partial charge in [-0.1, -0.05) is 114 Å². The van der Waals surface area contributed by atoms with Crippen LogP contribution in [0, 0.1) is 16.7 Å². The van der Waals surface area contributed by atoms with Gasteiger partial charge in [-0.2, -0.15) is 0 Å². The lowest BCUT2D eigenvalue weighted by atomic mass is 9.69. The highest BCUT2D eigenvalue weighted by atomic mass is 32.2. The molecule has 1 aliphatic carbocycles. The van der Waals surface area contributed by atoms with E-state index in [4.69, 9.17) is 0 Å². The molecule has 2 heterocycles. The molecule has 31 heavy (non-hydrogen) atoms. The summed E-state index contributed by atoms with van der Waals surface area (Å²) in [6.07, 6.45) is 2.71. The Morgan fingerprint density at radius 1 is 0.806 bits per heavy atom. The van der Waals surface area contributed by atoms with Crippen molar-refractivity contribution in [1.82, 2.24) is 0 Å². The summed E-state index contributed by atoms with van der Waals surface area (Å²) in [5, 5.41) is 0.547. The summed E-state index contributed by atoms with van der Waals surface area (Å²) in [7, 11) is 0. The van der Waals surface area contributed by atoms with E-state index in [-0.39, 0.29) is 20.3 Å². The summed E-state index contributed by atoms with van der Waals surface area (Å²) in [5.74, 6) is 0.525. The van der Waals surface area contributed by atoms with Crippen LogP contribution in [0.1, 0.15) is 59.6 Å². The van der Waals surface area contributed by atoms with Crippen molar-refractivity contribution in [2.24, 2.45) is 16.7 Å². The van der Waals surface area contributed by atoms with Gasteiger partial charge in [0.05, 0.1) is 9.49 Å². The number of rotatable bonds is 2. The maximum atomic E-state index is 2.71. The molecule has 0 radical (unpaired) electrons. The Bertz CT molecular complexity index is 1070. The summed E-state index contributed by atoms with van der Waals surface area (Å²) in [5.41, 5.74) is 6.39. The van der Waals surface area contributed by atoms with Gasteiger partial charge >= 0.3 is 0 Å². The molecule has 2 aromatic carbocycles. The van der Waals surface area contributed by atoms with Crippen LogP contribution in [0.3, 0.4) is 0 Å². The molecule has 4 bridgehead atoms. The number of thioether (sulfide) groups is 2. The van der Waals surface area contributed by atoms with Gasteiger partial charge in [0.1, 0.15) is 0 Å². The first-order chi connectivity index (χ1) is 14.5. The molecule has 2 heteroatoms. The molecule has 0 nitrogen and oxygen atoms in total. The third-order valence-corrected chi connectivity index (χ3v) is 11.9. The highest BCUT2D eigenvalue weighted by Crippen LogP contribution is 2.80. The van der Waals surface area contributed by atoms with Crippen LogP contribution < -0.4 is 0 Å². The van der Waals surface area contributed by atoms with Crippen LogP contribution in [0.2, 0.25) is 0 Å². The third-order valence-electron chi connectivity index (χ3n) is 7.62. The quantitative estimate of drug-likeness (QED) is 0.424. The number of hydrogen-bond donors (Lipinski definition) is 0. The molecule has 0 aromatic heterocycles. The maximum Gasteiger partial charge on any atom is 0.0714 e. The Morgan fingerprint density at radius 3 is 1.94 bits per heavy atom. The minimum absolute atomic E-state index is 0.00695. The topological polar surface area (TPSA) is 0 Å². The first kappa shape index (κ1) is 21.5. The highest BCUT2D eigenvalue weighted by Gasteiger charge is 2.73. The lowest BCUT2D eigenvalue weighted by molar-refractivity contribution is 0.320. The fraction of sp³-hybridized carbons (Fsp3) is 0.448. The molecule has 4 atom stereocenters. The summed E-state index contributed by atoms with van der Waals surface area (Å²) >= 11 is 4.42. The lowest BCUT2D eigenvalue weighted by Gasteiger charge is -2.47. The average molecular weight is 447 g/mol. The fourth-order valence-corrected chi connectivity index (χ4v) is 10.6. The molecule has 0 spiro atoms. The van der Waals surface area contributed by atoms with Crippen molar-refractivity contribution in [2.75, 3.05) is 0 Å². The van der Waals surface area contributed by atoms with Gasteiger partial charge in [0.25, 0.3) is 0 Å². The van der Waals surface area contributed by atoms with E-state index in [1.165, 1.54) is 16.0 Å². The summed E-state index contributed by atoms with van der Waals surface area (Å²) < 4.78 is 0.103. The predicted octanol–water partition coefficient (Wildman–Crippen LogP) is 8.56. The zero-order chi connectivity index (χ0) is 22.2. The second-order valence-electron chi connectivity index (χ2n) is 11.4. The molecule has 0 amide bonds. The Hall–Kier alpha value is -1.38. The molecule has 2 aromatic rings. The van der Waals surface area contributed by atoms with E-state index >= 15 is 0 Å². The van der Waals surface area contributed by atoms with Crippen LogP contribution in [-0.2, 0) is 4.75 Å². The van der Waals surface area contributed by atoms with Crippen molar-refractivity contribution < 1.29 is 0 Å². The summed E-state index contributed by atoms with van der Waals surface area (Å²) in [4.78, 5) is 1.49. The van der Waals surface area contributed by atoms with Gasteiger partial charge in [0, 0.05) is 16.1 Å². The van der Waals surface area contributed by atoms with Gasteiger partial charge in [-0.3, -0.25) is 0 Å². The van der Waals surface area contributed by atoms with E-state index < -0.39 is 0 Å². The Labute approximate surface area is 197 Å². The van der Waals surface area contributed by atoms with Gasteiger partial charge in [-0.25, -0.2) is 0 Å². The van der Waals surface area contributed by atoms with Crippen LogP contribution in [0.25, 0.3) is 4.91 Å². The molecular weight excluding hydrogens is 412 g/mol. The van der Waals surface area contributed by atoms with E-state index in [0.717, 1.165) is 0 Å². The Balaban J connectivity index is 1.84. The van der Waals surface area contributed by atoms with Crippen LogP contribution >= 0.6 is 23.5 Å². The maximum absolute atomic E-state index is 2.71. The first-order valence-electron chi connectivity index (χ1n) is 11.4. The second-order valence-corrected chi connectivity index (χ2v) is 14.1. The monoisotopic (exact) mass is 446 g/mol. The molecule has 2 aliphatic heterocycles. The van der Waals surface area contributed by atoms with Crippen molar-refractivity contribution >= 4 is 28.4 Å². The minimum atomic E-state index is -0.00695. The summed E-state index contributed by atoms with van der Waals surface area (Å²) in [6, 6.07) is 22.5. The van der Waals surface area contributed by atoms with Gasteiger partial charge in [0.2, 0.25) is 0 Å². The number of allylic oxidation sites excluding steroid dienone is 1. The SMILES string of the molecule is CC1=C(c2ccccc2)S[C@H]2[C@@H]3C(C(C)(C)C)=C[C@@]2(C(C)(C)C)S[C@]13c1ccccc1. The van der Waals surface area contributed by atoms with Crippen LogP contribution in [-0.4, -0.2) is 10.00 Å². The van der Waals surface area contributed by atoms with Crippen LogP contribution in [0.15, 0.2) is 77.9 Å². The van der Waals surface area contributed by atoms with Crippen LogP contribution in [0.4, 0.5) is 0 Å². The zero-order valence-corrected chi connectivity index (χ0v) is 21.5. The van der Waals surface area contributed by atoms with Crippen molar-refractivity contribution in [3.8, 4) is 0 Å². The van der Waals surface area contributed by atoms with Crippen molar-refractivity contribution in [3.63, 3.8) is 0 Å². The first-order valence-corrected chi connectivity index (χ1v) is 13.1. The van der Waals surface area contributed by atoms with Crippen molar-refractivity contribution in [3.05, 3.63) is 89.0 Å². The zero-order valence-electron chi connectivity index (χ0n) is 19.8. The molecule has 0 saturated carbocycles. The summed E-state index contributed by atoms with van der Waals surface area (Å²) in [6.45, 7) is 17.0. The van der Waals surface area contributed by atoms with Gasteiger partial charge < -0.3 is 0 Å². The van der Waals surface area contributed by atoms with E-state index in [2.05, 4.69) is 139 Å². The van der Waals surface area contributed by atoms with Gasteiger partial charge in [-0.05, 0) is 34.5 Å². The van der Waals surface area contributed by atoms with Crippen LogP contribution in [0.5, 0.6) is 0 Å². The molecular formula is C29H34S2. The van der Waals surface area contributed by atoms with Gasteiger partial charge in [0.15, 0.2) is 0 Å².